The van der Waals surface area contributed by atoms with Crippen LogP contribution in [0.1, 0.15) is 29.8 Å². The van der Waals surface area contributed by atoms with Crippen LogP contribution in [0.4, 0.5) is 0 Å². The number of rotatable bonds is 4. The zero-order valence-electron chi connectivity index (χ0n) is 12.3. The third kappa shape index (κ3) is 3.75. The molecule has 0 radical (unpaired) electrons. The summed E-state index contributed by atoms with van der Waals surface area (Å²) >= 11 is 5.40. The SMILES string of the molecule is CCC1CN(Cc2cc(Br)cs2)C(c2ccccc2)CN1. The Morgan fingerprint density at radius 3 is 2.81 bits per heavy atom. The Bertz CT molecular complexity index is 569. The van der Waals surface area contributed by atoms with Crippen LogP contribution in [0.5, 0.6) is 0 Å². The van der Waals surface area contributed by atoms with Gasteiger partial charge in [-0.2, -0.15) is 0 Å². The first kappa shape index (κ1) is 15.2. The molecule has 1 aromatic heterocycles. The van der Waals surface area contributed by atoms with Crippen LogP contribution in [-0.2, 0) is 6.54 Å². The molecule has 0 spiro atoms. The number of thiophene rings is 1. The summed E-state index contributed by atoms with van der Waals surface area (Å²) in [4.78, 5) is 4.05. The summed E-state index contributed by atoms with van der Waals surface area (Å²) in [6, 6.07) is 14.2. The van der Waals surface area contributed by atoms with Gasteiger partial charge in [0.05, 0.1) is 0 Å². The summed E-state index contributed by atoms with van der Waals surface area (Å²) in [5.41, 5.74) is 1.41. The average Bonchev–Trinajstić information content (AvgIpc) is 2.93. The molecule has 2 heterocycles. The molecule has 1 N–H and O–H groups in total. The summed E-state index contributed by atoms with van der Waals surface area (Å²) in [6.45, 7) is 5.45. The minimum Gasteiger partial charge on any atom is -0.311 e. The van der Waals surface area contributed by atoms with Gasteiger partial charge in [-0.1, -0.05) is 37.3 Å². The lowest BCUT2D eigenvalue weighted by Gasteiger charge is -2.40. The Balaban J connectivity index is 1.80. The molecule has 0 amide bonds. The monoisotopic (exact) mass is 364 g/mol. The first-order chi connectivity index (χ1) is 10.3. The van der Waals surface area contributed by atoms with E-state index in [0.29, 0.717) is 12.1 Å². The smallest absolute Gasteiger partial charge is 0.0477 e. The number of nitrogens with one attached hydrogen (secondary N) is 1. The molecule has 2 nitrogen and oxygen atoms in total. The minimum atomic E-state index is 0.467. The summed E-state index contributed by atoms with van der Waals surface area (Å²) in [5, 5.41) is 5.86. The lowest BCUT2D eigenvalue weighted by Crippen LogP contribution is -2.51. The van der Waals surface area contributed by atoms with E-state index in [1.54, 1.807) is 0 Å². The maximum atomic E-state index is 3.69. The fraction of sp³-hybridized carbons (Fsp3) is 0.412. The molecule has 0 saturated carbocycles. The normalized spacial score (nSPS) is 23.3. The van der Waals surface area contributed by atoms with Crippen molar-refractivity contribution in [3.63, 3.8) is 0 Å². The maximum absolute atomic E-state index is 3.69. The molecule has 0 aliphatic carbocycles. The fourth-order valence-corrected chi connectivity index (χ4v) is 4.45. The van der Waals surface area contributed by atoms with Crippen LogP contribution < -0.4 is 5.32 Å². The largest absolute Gasteiger partial charge is 0.311 e. The molecule has 1 aliphatic rings. The number of nitrogens with zero attached hydrogens (tertiary/aromatic N) is 1. The molecule has 0 bridgehead atoms. The second kappa shape index (κ2) is 7.05. The van der Waals surface area contributed by atoms with Gasteiger partial charge in [-0.3, -0.25) is 4.90 Å². The number of hydrogen-bond donors (Lipinski definition) is 1. The van der Waals surface area contributed by atoms with E-state index < -0.39 is 0 Å². The zero-order chi connectivity index (χ0) is 14.7. The van der Waals surface area contributed by atoms with E-state index >= 15 is 0 Å². The number of hydrogen-bond acceptors (Lipinski definition) is 3. The third-order valence-corrected chi connectivity index (χ3v) is 5.84. The zero-order valence-corrected chi connectivity index (χ0v) is 14.7. The van der Waals surface area contributed by atoms with Gasteiger partial charge in [0.15, 0.2) is 0 Å². The molecule has 1 fully saturated rings. The molecule has 1 aromatic carbocycles. The number of halogens is 1. The highest BCUT2D eigenvalue weighted by Crippen LogP contribution is 2.28. The lowest BCUT2D eigenvalue weighted by atomic mass is 10.00. The molecule has 2 aromatic rings. The van der Waals surface area contributed by atoms with Crippen molar-refractivity contribution >= 4 is 27.3 Å². The van der Waals surface area contributed by atoms with Crippen molar-refractivity contribution < 1.29 is 0 Å². The molecule has 4 heteroatoms. The maximum Gasteiger partial charge on any atom is 0.0477 e. The third-order valence-electron chi connectivity index (χ3n) is 4.15. The van der Waals surface area contributed by atoms with Gasteiger partial charge in [0.25, 0.3) is 0 Å². The Labute approximate surface area is 139 Å². The van der Waals surface area contributed by atoms with Crippen LogP contribution in [-0.4, -0.2) is 24.0 Å². The summed E-state index contributed by atoms with van der Waals surface area (Å²) < 4.78 is 1.20. The van der Waals surface area contributed by atoms with Crippen LogP contribution in [0.25, 0.3) is 0 Å². The van der Waals surface area contributed by atoms with Crippen LogP contribution in [0.15, 0.2) is 46.3 Å². The van der Waals surface area contributed by atoms with Crippen molar-refractivity contribution in [3.05, 3.63) is 56.7 Å². The van der Waals surface area contributed by atoms with Crippen LogP contribution >= 0.6 is 27.3 Å². The van der Waals surface area contributed by atoms with Gasteiger partial charge in [-0.05, 0) is 34.0 Å². The molecule has 1 saturated heterocycles. The van der Waals surface area contributed by atoms with Crippen molar-refractivity contribution in [1.82, 2.24) is 10.2 Å². The second-order valence-electron chi connectivity index (χ2n) is 5.60. The summed E-state index contributed by atoms with van der Waals surface area (Å²) in [7, 11) is 0. The standard InChI is InChI=1S/C17H21BrN2S/c1-2-15-10-20(11-16-8-14(18)12-21-16)17(9-19-15)13-6-4-3-5-7-13/h3-8,12,15,17,19H,2,9-11H2,1H3. The van der Waals surface area contributed by atoms with Crippen LogP contribution in [0.2, 0.25) is 0 Å². The average molecular weight is 365 g/mol. The highest BCUT2D eigenvalue weighted by atomic mass is 79.9. The van der Waals surface area contributed by atoms with E-state index in [1.165, 1.54) is 21.3 Å². The first-order valence-electron chi connectivity index (χ1n) is 7.51. The Kier molecular flexibility index (Phi) is 5.11. The number of piperazine rings is 1. The molecule has 2 atom stereocenters. The van der Waals surface area contributed by atoms with Crippen LogP contribution in [0, 0.1) is 0 Å². The van der Waals surface area contributed by atoms with Gasteiger partial charge in [0.1, 0.15) is 0 Å². The van der Waals surface area contributed by atoms with E-state index in [1.807, 2.05) is 11.3 Å². The van der Waals surface area contributed by atoms with Gasteiger partial charge in [-0.15, -0.1) is 11.3 Å². The van der Waals surface area contributed by atoms with Crippen molar-refractivity contribution in [3.8, 4) is 0 Å². The lowest BCUT2D eigenvalue weighted by molar-refractivity contribution is 0.122. The molecule has 3 rings (SSSR count). The van der Waals surface area contributed by atoms with Crippen LogP contribution in [0.3, 0.4) is 0 Å². The topological polar surface area (TPSA) is 15.3 Å². The van der Waals surface area contributed by atoms with E-state index in [9.17, 15) is 0 Å². The Morgan fingerprint density at radius 1 is 1.33 bits per heavy atom. The molecular formula is C17H21BrN2S. The van der Waals surface area contributed by atoms with Crippen molar-refractivity contribution in [1.29, 1.82) is 0 Å². The van der Waals surface area contributed by atoms with Gasteiger partial charge in [-0.25, -0.2) is 0 Å². The van der Waals surface area contributed by atoms with Crippen molar-refractivity contribution in [2.45, 2.75) is 32.0 Å². The minimum absolute atomic E-state index is 0.467. The van der Waals surface area contributed by atoms with Gasteiger partial charge >= 0.3 is 0 Å². The van der Waals surface area contributed by atoms with Gasteiger partial charge in [0, 0.05) is 46.4 Å². The van der Waals surface area contributed by atoms with E-state index in [4.69, 9.17) is 0 Å². The quantitative estimate of drug-likeness (QED) is 0.862. The Hall–Kier alpha value is -0.680. The molecule has 112 valence electrons. The van der Waals surface area contributed by atoms with Gasteiger partial charge < -0.3 is 5.32 Å². The Morgan fingerprint density at radius 2 is 2.14 bits per heavy atom. The summed E-state index contributed by atoms with van der Waals surface area (Å²) in [6.07, 6.45) is 1.19. The predicted octanol–water partition coefficient (Wildman–Crippen LogP) is 4.44. The highest BCUT2D eigenvalue weighted by Gasteiger charge is 2.28. The highest BCUT2D eigenvalue weighted by molar-refractivity contribution is 9.10. The first-order valence-corrected chi connectivity index (χ1v) is 9.19. The molecular weight excluding hydrogens is 344 g/mol. The van der Waals surface area contributed by atoms with Crippen molar-refractivity contribution in [2.24, 2.45) is 0 Å². The molecule has 21 heavy (non-hydrogen) atoms. The molecule has 1 aliphatic heterocycles. The van der Waals surface area contributed by atoms with E-state index in [0.717, 1.165) is 19.6 Å². The van der Waals surface area contributed by atoms with E-state index in [-0.39, 0.29) is 0 Å². The molecule has 2 unspecified atom stereocenters. The summed E-state index contributed by atoms with van der Waals surface area (Å²) in [5.74, 6) is 0. The van der Waals surface area contributed by atoms with E-state index in [2.05, 4.69) is 74.8 Å². The van der Waals surface area contributed by atoms with Crippen molar-refractivity contribution in [2.75, 3.05) is 13.1 Å². The number of benzene rings is 1. The van der Waals surface area contributed by atoms with Gasteiger partial charge in [0.2, 0.25) is 0 Å². The second-order valence-corrected chi connectivity index (χ2v) is 7.51. The fourth-order valence-electron chi connectivity index (χ4n) is 2.97. The predicted molar refractivity (Wildman–Crippen MR) is 93.7 cm³/mol.